The Morgan fingerprint density at radius 1 is 1.38 bits per heavy atom. The third-order valence-corrected chi connectivity index (χ3v) is 5.33. The van der Waals surface area contributed by atoms with Crippen LogP contribution in [0.4, 0.5) is 0 Å². The molecule has 0 aromatic carbocycles. The van der Waals surface area contributed by atoms with E-state index in [1.165, 1.54) is 6.92 Å². The van der Waals surface area contributed by atoms with Crippen LogP contribution in [0.3, 0.4) is 0 Å². The summed E-state index contributed by atoms with van der Waals surface area (Å²) in [7, 11) is 0. The quantitative estimate of drug-likeness (QED) is 0.492. The molecule has 0 spiro atoms. The molecule has 0 heterocycles. The van der Waals surface area contributed by atoms with Gasteiger partial charge in [-0.15, -0.1) is 0 Å². The number of hydrogen-bond donors (Lipinski definition) is 1. The maximum Gasteiger partial charge on any atom is 0.331 e. The number of allylic oxidation sites excluding steroid dienone is 1. The molecule has 2 aliphatic carbocycles. The van der Waals surface area contributed by atoms with Crippen molar-refractivity contribution in [3.05, 3.63) is 24.3 Å². The van der Waals surface area contributed by atoms with Gasteiger partial charge in [-0.25, -0.2) is 4.79 Å². The van der Waals surface area contributed by atoms with Gasteiger partial charge < -0.3 is 9.84 Å². The summed E-state index contributed by atoms with van der Waals surface area (Å²) in [5.41, 5.74) is 1.24. The highest BCUT2D eigenvalue weighted by Gasteiger charge is 2.51. The van der Waals surface area contributed by atoms with Gasteiger partial charge in [0.2, 0.25) is 0 Å². The molecule has 2 saturated carbocycles. The first-order valence-electron chi connectivity index (χ1n) is 7.52. The lowest BCUT2D eigenvalue weighted by molar-refractivity contribution is -0.163. The fourth-order valence-corrected chi connectivity index (χ4v) is 4.08. The number of carboxylic acid groups (broad SMARTS) is 1. The van der Waals surface area contributed by atoms with Crippen LogP contribution in [-0.4, -0.2) is 23.1 Å². The first-order chi connectivity index (χ1) is 9.75. The molecule has 2 fully saturated rings. The van der Waals surface area contributed by atoms with Crippen molar-refractivity contribution in [1.29, 1.82) is 0 Å². The number of ether oxygens (including phenoxy) is 1. The smallest absolute Gasteiger partial charge is 0.331 e. The highest BCUT2D eigenvalue weighted by atomic mass is 16.5. The summed E-state index contributed by atoms with van der Waals surface area (Å²) in [5, 5.41) is 9.20. The number of rotatable bonds is 3. The zero-order valence-electron chi connectivity index (χ0n) is 12.9. The number of esters is 1. The van der Waals surface area contributed by atoms with Crippen molar-refractivity contribution in [1.82, 2.24) is 0 Å². The van der Waals surface area contributed by atoms with Crippen LogP contribution in [-0.2, 0) is 14.3 Å². The van der Waals surface area contributed by atoms with Crippen molar-refractivity contribution >= 4 is 11.9 Å². The van der Waals surface area contributed by atoms with E-state index in [2.05, 4.69) is 20.1 Å². The first kappa shape index (κ1) is 15.8. The molecular weight excluding hydrogens is 268 g/mol. The average Bonchev–Trinajstić information content (AvgIpc) is 2.38. The van der Waals surface area contributed by atoms with Crippen LogP contribution in [0, 0.1) is 17.3 Å². The third kappa shape index (κ3) is 2.89. The zero-order valence-corrected chi connectivity index (χ0v) is 12.9. The zero-order chi connectivity index (χ0) is 15.8. The fraction of sp³-hybridized carbons (Fsp3) is 0.647. The SMILES string of the molecule is C=C(C(=O)O)[C@@H]1C[C@H](OC(C)=O)[C@@]2(C)CCCC(=C)[C@@H]2C1. The number of hydrogen-bond acceptors (Lipinski definition) is 3. The van der Waals surface area contributed by atoms with Crippen LogP contribution in [0.1, 0.15) is 46.0 Å². The maximum absolute atomic E-state index is 11.4. The molecular formula is C17H24O4. The molecule has 0 bridgehead atoms. The summed E-state index contributed by atoms with van der Waals surface area (Å²) in [6.45, 7) is 11.4. The molecule has 0 unspecified atom stereocenters. The van der Waals surface area contributed by atoms with E-state index in [0.29, 0.717) is 6.42 Å². The van der Waals surface area contributed by atoms with E-state index in [9.17, 15) is 14.7 Å². The van der Waals surface area contributed by atoms with Crippen molar-refractivity contribution in [2.24, 2.45) is 17.3 Å². The van der Waals surface area contributed by atoms with E-state index in [0.717, 1.165) is 31.3 Å². The highest BCUT2D eigenvalue weighted by molar-refractivity contribution is 5.86. The Kier molecular flexibility index (Phi) is 4.26. The Morgan fingerprint density at radius 2 is 2.05 bits per heavy atom. The Balaban J connectivity index is 2.31. The van der Waals surface area contributed by atoms with E-state index in [1.807, 2.05) is 0 Å². The van der Waals surface area contributed by atoms with Crippen LogP contribution in [0.5, 0.6) is 0 Å². The van der Waals surface area contributed by atoms with Crippen molar-refractivity contribution in [2.75, 3.05) is 0 Å². The second kappa shape index (κ2) is 5.66. The molecule has 0 saturated heterocycles. The first-order valence-corrected chi connectivity index (χ1v) is 7.52. The molecule has 0 radical (unpaired) electrons. The minimum atomic E-state index is -0.966. The second-order valence-electron chi connectivity index (χ2n) is 6.67. The predicted octanol–water partition coefficient (Wildman–Crippen LogP) is 3.33. The van der Waals surface area contributed by atoms with Gasteiger partial charge in [-0.1, -0.05) is 25.7 Å². The molecule has 0 aromatic heterocycles. The van der Waals surface area contributed by atoms with Crippen LogP contribution < -0.4 is 0 Å². The molecule has 0 amide bonds. The van der Waals surface area contributed by atoms with E-state index in [4.69, 9.17) is 4.74 Å². The van der Waals surface area contributed by atoms with Crippen LogP contribution >= 0.6 is 0 Å². The Hall–Kier alpha value is -1.58. The van der Waals surface area contributed by atoms with Gasteiger partial charge in [0.15, 0.2) is 0 Å². The lowest BCUT2D eigenvalue weighted by Crippen LogP contribution is -2.50. The van der Waals surface area contributed by atoms with Gasteiger partial charge >= 0.3 is 11.9 Å². The van der Waals surface area contributed by atoms with Gasteiger partial charge in [0, 0.05) is 17.9 Å². The molecule has 21 heavy (non-hydrogen) atoms. The van der Waals surface area contributed by atoms with Crippen LogP contribution in [0.15, 0.2) is 24.3 Å². The number of carbonyl (C=O) groups excluding carboxylic acids is 1. The largest absolute Gasteiger partial charge is 0.478 e. The van der Waals surface area contributed by atoms with Crippen LogP contribution in [0.2, 0.25) is 0 Å². The van der Waals surface area contributed by atoms with Crippen molar-refractivity contribution in [3.8, 4) is 0 Å². The number of fused-ring (bicyclic) bond motifs is 1. The Morgan fingerprint density at radius 3 is 2.62 bits per heavy atom. The monoisotopic (exact) mass is 292 g/mol. The second-order valence-corrected chi connectivity index (χ2v) is 6.67. The van der Waals surface area contributed by atoms with Gasteiger partial charge in [-0.05, 0) is 43.9 Å². The molecule has 2 aliphatic rings. The van der Waals surface area contributed by atoms with Gasteiger partial charge in [0.1, 0.15) is 6.10 Å². The maximum atomic E-state index is 11.4. The fourth-order valence-electron chi connectivity index (χ4n) is 4.08. The molecule has 4 nitrogen and oxygen atoms in total. The molecule has 2 rings (SSSR count). The minimum absolute atomic E-state index is 0.129. The minimum Gasteiger partial charge on any atom is -0.478 e. The summed E-state index contributed by atoms with van der Waals surface area (Å²) in [5.74, 6) is -1.23. The number of aliphatic carboxylic acids is 1. The topological polar surface area (TPSA) is 63.6 Å². The van der Waals surface area contributed by atoms with E-state index >= 15 is 0 Å². The van der Waals surface area contributed by atoms with Crippen molar-refractivity contribution in [2.45, 2.75) is 52.1 Å². The summed E-state index contributed by atoms with van der Waals surface area (Å²) in [6.07, 6.45) is 4.05. The average molecular weight is 292 g/mol. The Labute approximate surface area is 125 Å². The number of carbonyl (C=O) groups is 2. The summed E-state index contributed by atoms with van der Waals surface area (Å²) in [4.78, 5) is 22.7. The van der Waals surface area contributed by atoms with E-state index in [-0.39, 0.29) is 34.9 Å². The molecule has 1 N–H and O–H groups in total. The van der Waals surface area contributed by atoms with E-state index < -0.39 is 5.97 Å². The normalized spacial score (nSPS) is 35.7. The van der Waals surface area contributed by atoms with Crippen molar-refractivity contribution in [3.63, 3.8) is 0 Å². The highest BCUT2D eigenvalue weighted by Crippen LogP contribution is 2.55. The van der Waals surface area contributed by atoms with Gasteiger partial charge in [-0.2, -0.15) is 0 Å². The summed E-state index contributed by atoms with van der Waals surface area (Å²) >= 11 is 0. The van der Waals surface area contributed by atoms with Gasteiger partial charge in [-0.3, -0.25) is 4.79 Å². The summed E-state index contributed by atoms with van der Waals surface area (Å²) in [6, 6.07) is 0. The molecule has 0 aliphatic heterocycles. The lowest BCUT2D eigenvalue weighted by atomic mass is 9.55. The number of carboxylic acids is 1. The van der Waals surface area contributed by atoms with E-state index in [1.54, 1.807) is 0 Å². The predicted molar refractivity (Wildman–Crippen MR) is 79.6 cm³/mol. The third-order valence-electron chi connectivity index (χ3n) is 5.33. The molecule has 4 atom stereocenters. The standard InChI is InChI=1S/C17H24O4/c1-10-6-5-7-17(4)14(10)8-13(11(2)16(19)20)9-15(17)21-12(3)18/h13-15H,1-2,5-9H2,3-4H3,(H,19,20)/t13-,14-,15-,17-/m0/s1. The molecule has 0 aromatic rings. The Bertz CT molecular complexity index is 493. The van der Waals surface area contributed by atoms with Crippen molar-refractivity contribution < 1.29 is 19.4 Å². The molecule has 116 valence electrons. The van der Waals surface area contributed by atoms with Crippen LogP contribution in [0.25, 0.3) is 0 Å². The lowest BCUT2D eigenvalue weighted by Gasteiger charge is -2.52. The summed E-state index contributed by atoms with van der Waals surface area (Å²) < 4.78 is 5.56. The van der Waals surface area contributed by atoms with Gasteiger partial charge in [0.05, 0.1) is 0 Å². The van der Waals surface area contributed by atoms with Gasteiger partial charge in [0.25, 0.3) is 0 Å². The molecule has 4 heteroatoms.